The maximum atomic E-state index is 10.5. The van der Waals surface area contributed by atoms with Crippen LogP contribution in [0.15, 0.2) is 30.3 Å². The molecule has 2 aromatic rings. The molecule has 0 aliphatic rings. The average molecular weight is 292 g/mol. The number of aryl methyl sites for hydroxylation is 1. The summed E-state index contributed by atoms with van der Waals surface area (Å²) < 4.78 is 10.7. The second-order valence-electron chi connectivity index (χ2n) is 4.52. The fourth-order valence-electron chi connectivity index (χ4n) is 2.22. The van der Waals surface area contributed by atoms with Gasteiger partial charge in [0.15, 0.2) is 0 Å². The number of methoxy groups -OCH3 is 2. The Morgan fingerprint density at radius 2 is 1.65 bits per heavy atom. The van der Waals surface area contributed by atoms with Crippen molar-refractivity contribution in [3.8, 4) is 11.5 Å². The lowest BCUT2D eigenvalue weighted by Crippen LogP contribution is -2.05. The number of rotatable bonds is 6. The van der Waals surface area contributed by atoms with Crippen molar-refractivity contribution < 1.29 is 14.6 Å². The summed E-state index contributed by atoms with van der Waals surface area (Å²) in [7, 11) is 3.21. The van der Waals surface area contributed by atoms with Crippen molar-refractivity contribution in [3.63, 3.8) is 0 Å². The monoisotopic (exact) mass is 292 g/mol. The zero-order valence-corrected chi connectivity index (χ0v) is 12.9. The van der Waals surface area contributed by atoms with E-state index in [1.807, 2.05) is 18.2 Å². The molecule has 0 amide bonds. The number of hydrogen-bond acceptors (Lipinski definition) is 4. The summed E-state index contributed by atoms with van der Waals surface area (Å²) >= 11 is 1.74. The second kappa shape index (κ2) is 6.77. The molecule has 0 bridgehead atoms. The molecule has 1 heterocycles. The first-order valence-corrected chi connectivity index (χ1v) is 7.47. The average Bonchev–Trinajstić information content (AvgIpc) is 2.93. The van der Waals surface area contributed by atoms with Gasteiger partial charge in [-0.2, -0.15) is 0 Å². The van der Waals surface area contributed by atoms with Crippen molar-refractivity contribution in [1.82, 2.24) is 0 Å². The summed E-state index contributed by atoms with van der Waals surface area (Å²) in [4.78, 5) is 2.50. The molecule has 0 spiro atoms. The van der Waals surface area contributed by atoms with Gasteiger partial charge >= 0.3 is 0 Å². The molecule has 0 aliphatic heterocycles. The van der Waals surface area contributed by atoms with Crippen LogP contribution in [-0.2, 0) is 12.8 Å². The molecule has 1 aromatic carbocycles. The van der Waals surface area contributed by atoms with E-state index in [2.05, 4.69) is 19.1 Å². The molecule has 1 unspecified atom stereocenters. The quantitative estimate of drug-likeness (QED) is 0.884. The van der Waals surface area contributed by atoms with Crippen LogP contribution in [0.4, 0.5) is 0 Å². The van der Waals surface area contributed by atoms with Gasteiger partial charge in [-0.05, 0) is 30.7 Å². The van der Waals surface area contributed by atoms with E-state index in [0.717, 1.165) is 6.42 Å². The molecule has 3 nitrogen and oxygen atoms in total. The molecule has 108 valence electrons. The minimum atomic E-state index is -0.635. The summed E-state index contributed by atoms with van der Waals surface area (Å²) in [6.45, 7) is 2.13. The third-order valence-electron chi connectivity index (χ3n) is 3.26. The fraction of sp³-hybridized carbons (Fsp3) is 0.375. The van der Waals surface area contributed by atoms with Gasteiger partial charge in [-0.15, -0.1) is 11.3 Å². The largest absolute Gasteiger partial charge is 0.496 e. The first-order valence-electron chi connectivity index (χ1n) is 6.66. The Morgan fingerprint density at radius 1 is 1.05 bits per heavy atom. The van der Waals surface area contributed by atoms with Gasteiger partial charge in [0.25, 0.3) is 0 Å². The number of benzene rings is 1. The summed E-state index contributed by atoms with van der Waals surface area (Å²) in [5, 5.41) is 10.5. The maximum absolute atomic E-state index is 10.5. The molecule has 0 aliphatic carbocycles. The predicted octanol–water partition coefficient (Wildman–Crippen LogP) is 3.60. The van der Waals surface area contributed by atoms with Gasteiger partial charge in [0, 0.05) is 16.2 Å². The summed E-state index contributed by atoms with van der Waals surface area (Å²) in [5.74, 6) is 1.31. The molecule has 0 fully saturated rings. The molecule has 0 radical (unpaired) electrons. The minimum absolute atomic E-state index is 0.571. The number of hydrogen-bond donors (Lipinski definition) is 1. The van der Waals surface area contributed by atoms with E-state index < -0.39 is 6.10 Å². The van der Waals surface area contributed by atoms with Crippen LogP contribution in [0.5, 0.6) is 11.5 Å². The highest BCUT2D eigenvalue weighted by atomic mass is 32.1. The smallest absolute Gasteiger partial charge is 0.128 e. The zero-order valence-electron chi connectivity index (χ0n) is 12.1. The van der Waals surface area contributed by atoms with Gasteiger partial charge < -0.3 is 14.6 Å². The molecule has 0 saturated heterocycles. The minimum Gasteiger partial charge on any atom is -0.496 e. The van der Waals surface area contributed by atoms with Crippen LogP contribution in [0.1, 0.15) is 28.3 Å². The van der Waals surface area contributed by atoms with Crippen molar-refractivity contribution in [2.24, 2.45) is 0 Å². The molecule has 20 heavy (non-hydrogen) atoms. The molecular formula is C16H20O3S. The summed E-state index contributed by atoms with van der Waals surface area (Å²) in [5.41, 5.74) is 0.712. The highest BCUT2D eigenvalue weighted by molar-refractivity contribution is 7.11. The van der Waals surface area contributed by atoms with Crippen molar-refractivity contribution >= 4 is 11.3 Å². The van der Waals surface area contributed by atoms with Crippen LogP contribution in [0, 0.1) is 0 Å². The van der Waals surface area contributed by atoms with Crippen molar-refractivity contribution in [2.75, 3.05) is 14.2 Å². The maximum Gasteiger partial charge on any atom is 0.128 e. The SMILES string of the molecule is CCc1ccc(CC(O)c2c(OC)cccc2OC)s1. The number of thiophene rings is 1. The van der Waals surface area contributed by atoms with Gasteiger partial charge in [0.05, 0.1) is 25.9 Å². The van der Waals surface area contributed by atoms with E-state index in [1.165, 1.54) is 9.75 Å². The third kappa shape index (κ3) is 3.14. The zero-order chi connectivity index (χ0) is 14.5. The molecule has 0 saturated carbocycles. The predicted molar refractivity (Wildman–Crippen MR) is 81.9 cm³/mol. The van der Waals surface area contributed by atoms with Gasteiger partial charge in [0.1, 0.15) is 11.5 Å². The Bertz CT molecular complexity index is 540. The van der Waals surface area contributed by atoms with Crippen LogP contribution < -0.4 is 9.47 Å². The molecule has 1 atom stereocenters. The standard InChI is InChI=1S/C16H20O3S/c1-4-11-8-9-12(20-11)10-13(17)16-14(18-2)6-5-7-15(16)19-3/h5-9,13,17H,4,10H2,1-3H3. The third-order valence-corrected chi connectivity index (χ3v) is 4.51. The van der Waals surface area contributed by atoms with E-state index in [9.17, 15) is 5.11 Å². The van der Waals surface area contributed by atoms with Crippen molar-refractivity contribution in [1.29, 1.82) is 0 Å². The lowest BCUT2D eigenvalue weighted by Gasteiger charge is -2.17. The van der Waals surface area contributed by atoms with Gasteiger partial charge in [-0.1, -0.05) is 13.0 Å². The first-order chi connectivity index (χ1) is 9.69. The number of aliphatic hydroxyl groups is 1. The van der Waals surface area contributed by atoms with Crippen LogP contribution in [0.2, 0.25) is 0 Å². The molecule has 4 heteroatoms. The van der Waals surface area contributed by atoms with E-state index >= 15 is 0 Å². The lowest BCUT2D eigenvalue weighted by atomic mass is 10.0. The van der Waals surface area contributed by atoms with Crippen LogP contribution in [-0.4, -0.2) is 19.3 Å². The molecule has 1 aromatic heterocycles. The van der Waals surface area contributed by atoms with Crippen LogP contribution in [0.25, 0.3) is 0 Å². The van der Waals surface area contributed by atoms with Crippen LogP contribution in [0.3, 0.4) is 0 Å². The summed E-state index contributed by atoms with van der Waals surface area (Å²) in [6, 6.07) is 9.73. The number of aliphatic hydroxyl groups excluding tert-OH is 1. The Balaban J connectivity index is 2.25. The topological polar surface area (TPSA) is 38.7 Å². The van der Waals surface area contributed by atoms with Crippen LogP contribution >= 0.6 is 11.3 Å². The van der Waals surface area contributed by atoms with Crippen molar-refractivity contribution in [2.45, 2.75) is 25.9 Å². The molecule has 1 N–H and O–H groups in total. The number of ether oxygens (including phenoxy) is 2. The summed E-state index contributed by atoms with van der Waals surface area (Å²) in [6.07, 6.45) is 0.963. The molecule has 2 rings (SSSR count). The van der Waals surface area contributed by atoms with Crippen molar-refractivity contribution in [3.05, 3.63) is 45.6 Å². The Kier molecular flexibility index (Phi) is 5.04. The molecular weight excluding hydrogens is 272 g/mol. The van der Waals surface area contributed by atoms with E-state index in [4.69, 9.17) is 9.47 Å². The van der Waals surface area contributed by atoms with E-state index in [1.54, 1.807) is 25.6 Å². The van der Waals surface area contributed by atoms with Gasteiger partial charge in [-0.3, -0.25) is 0 Å². The van der Waals surface area contributed by atoms with Gasteiger partial charge in [0.2, 0.25) is 0 Å². The lowest BCUT2D eigenvalue weighted by molar-refractivity contribution is 0.170. The Hall–Kier alpha value is -1.52. The fourth-order valence-corrected chi connectivity index (χ4v) is 3.22. The second-order valence-corrected chi connectivity index (χ2v) is 5.77. The van der Waals surface area contributed by atoms with E-state index in [-0.39, 0.29) is 0 Å². The Labute approximate surface area is 123 Å². The highest BCUT2D eigenvalue weighted by Crippen LogP contribution is 2.36. The van der Waals surface area contributed by atoms with E-state index in [0.29, 0.717) is 23.5 Å². The normalized spacial score (nSPS) is 12.2. The first kappa shape index (κ1) is 14.9. The van der Waals surface area contributed by atoms with Gasteiger partial charge in [-0.25, -0.2) is 0 Å². The highest BCUT2D eigenvalue weighted by Gasteiger charge is 2.19. The Morgan fingerprint density at radius 3 is 2.15 bits per heavy atom.